The molecule has 0 aromatic carbocycles. The van der Waals surface area contributed by atoms with Gasteiger partial charge in [-0.15, -0.1) is 23.2 Å². The third-order valence-corrected chi connectivity index (χ3v) is 4.08. The lowest BCUT2D eigenvalue weighted by atomic mass is 9.99. The van der Waals surface area contributed by atoms with Crippen LogP contribution in [0.3, 0.4) is 0 Å². The minimum atomic E-state index is -0.0296. The molecule has 1 N–H and O–H groups in total. The van der Waals surface area contributed by atoms with E-state index in [-0.39, 0.29) is 5.54 Å². The van der Waals surface area contributed by atoms with Crippen molar-refractivity contribution in [1.29, 1.82) is 0 Å². The summed E-state index contributed by atoms with van der Waals surface area (Å²) in [6.07, 6.45) is 6.28. The molecule has 1 aliphatic carbocycles. The lowest BCUT2D eigenvalue weighted by Gasteiger charge is -2.33. The van der Waals surface area contributed by atoms with E-state index in [0.29, 0.717) is 17.8 Å². The molecule has 13 heavy (non-hydrogen) atoms. The van der Waals surface area contributed by atoms with Crippen LogP contribution in [0.2, 0.25) is 0 Å². The first kappa shape index (κ1) is 11.6. The Bertz CT molecular complexity index is 132. The van der Waals surface area contributed by atoms with E-state index in [4.69, 9.17) is 23.2 Å². The Kier molecular flexibility index (Phi) is 4.85. The minimum Gasteiger partial charge on any atom is -0.306 e. The summed E-state index contributed by atoms with van der Waals surface area (Å²) in [7, 11) is 0. The first-order valence-electron chi connectivity index (χ1n) is 5.16. The highest BCUT2D eigenvalue weighted by molar-refractivity contribution is 6.22. The maximum absolute atomic E-state index is 5.96. The Morgan fingerprint density at radius 3 is 2.15 bits per heavy atom. The fraction of sp³-hybridized carbons (Fsp3) is 1.00. The molecule has 0 aliphatic heterocycles. The zero-order valence-electron chi connectivity index (χ0n) is 8.28. The van der Waals surface area contributed by atoms with Crippen molar-refractivity contribution < 1.29 is 0 Å². The van der Waals surface area contributed by atoms with E-state index in [1.54, 1.807) is 0 Å². The molecule has 1 saturated carbocycles. The van der Waals surface area contributed by atoms with Gasteiger partial charge in [-0.2, -0.15) is 0 Å². The highest BCUT2D eigenvalue weighted by Gasteiger charge is 2.29. The second kappa shape index (κ2) is 5.43. The van der Waals surface area contributed by atoms with Gasteiger partial charge in [-0.25, -0.2) is 0 Å². The molecule has 1 nitrogen and oxygen atoms in total. The summed E-state index contributed by atoms with van der Waals surface area (Å²) in [6.45, 7) is 2.15. The molecule has 0 aromatic rings. The van der Waals surface area contributed by atoms with Gasteiger partial charge in [0.2, 0.25) is 0 Å². The molecule has 0 saturated heterocycles. The Morgan fingerprint density at radius 2 is 1.77 bits per heavy atom. The molecule has 0 aromatic heterocycles. The molecule has 0 radical (unpaired) electrons. The fourth-order valence-corrected chi connectivity index (χ4v) is 2.73. The summed E-state index contributed by atoms with van der Waals surface area (Å²) in [5.41, 5.74) is -0.0296. The molecule has 1 aliphatic rings. The smallest absolute Gasteiger partial charge is 0.0453 e. The van der Waals surface area contributed by atoms with Gasteiger partial charge in [-0.1, -0.05) is 19.8 Å². The molecule has 78 valence electrons. The number of hydrogen-bond acceptors (Lipinski definition) is 1. The Hall–Kier alpha value is 0.540. The van der Waals surface area contributed by atoms with Gasteiger partial charge in [0.15, 0.2) is 0 Å². The summed E-state index contributed by atoms with van der Waals surface area (Å²) < 4.78 is 0. The van der Waals surface area contributed by atoms with Crippen LogP contribution in [0.15, 0.2) is 0 Å². The third kappa shape index (κ3) is 3.00. The van der Waals surface area contributed by atoms with Crippen molar-refractivity contribution >= 4 is 23.2 Å². The van der Waals surface area contributed by atoms with Gasteiger partial charge in [0.25, 0.3) is 0 Å². The summed E-state index contributed by atoms with van der Waals surface area (Å²) in [4.78, 5) is 0. The number of rotatable bonds is 5. The molecular formula is C10H19Cl2N. The molecule has 0 atom stereocenters. The largest absolute Gasteiger partial charge is 0.306 e. The van der Waals surface area contributed by atoms with Gasteiger partial charge >= 0.3 is 0 Å². The number of hydrogen-bond donors (Lipinski definition) is 1. The van der Waals surface area contributed by atoms with Gasteiger partial charge in [-0.3, -0.25) is 0 Å². The first-order valence-corrected chi connectivity index (χ1v) is 6.23. The lowest BCUT2D eigenvalue weighted by Crippen LogP contribution is -2.52. The summed E-state index contributed by atoms with van der Waals surface area (Å²) >= 11 is 11.9. The maximum Gasteiger partial charge on any atom is 0.0453 e. The van der Waals surface area contributed by atoms with Crippen LogP contribution < -0.4 is 5.32 Å². The van der Waals surface area contributed by atoms with Gasteiger partial charge in [0, 0.05) is 23.3 Å². The van der Waals surface area contributed by atoms with E-state index in [1.807, 2.05) is 0 Å². The second-order valence-electron chi connectivity index (χ2n) is 4.03. The number of nitrogens with one attached hydrogen (secondary N) is 1. The Balaban J connectivity index is 2.44. The van der Waals surface area contributed by atoms with Gasteiger partial charge in [0.05, 0.1) is 0 Å². The van der Waals surface area contributed by atoms with Gasteiger partial charge < -0.3 is 5.32 Å². The highest BCUT2D eigenvalue weighted by Crippen LogP contribution is 2.23. The van der Waals surface area contributed by atoms with Crippen LogP contribution >= 0.6 is 23.2 Å². The quantitative estimate of drug-likeness (QED) is 0.707. The van der Waals surface area contributed by atoms with E-state index < -0.39 is 0 Å². The fourth-order valence-electron chi connectivity index (χ4n) is 1.91. The van der Waals surface area contributed by atoms with Crippen molar-refractivity contribution in [1.82, 2.24) is 5.32 Å². The monoisotopic (exact) mass is 223 g/mol. The molecule has 1 fully saturated rings. The van der Waals surface area contributed by atoms with Gasteiger partial charge in [-0.05, 0) is 19.3 Å². The third-order valence-electron chi connectivity index (χ3n) is 3.05. The maximum atomic E-state index is 5.96. The molecule has 0 bridgehead atoms. The zero-order valence-corrected chi connectivity index (χ0v) is 9.79. The van der Waals surface area contributed by atoms with E-state index >= 15 is 0 Å². The van der Waals surface area contributed by atoms with E-state index in [0.717, 1.165) is 6.42 Å². The van der Waals surface area contributed by atoms with E-state index in [2.05, 4.69) is 12.2 Å². The van der Waals surface area contributed by atoms with Crippen LogP contribution in [0.1, 0.15) is 39.0 Å². The molecule has 3 heteroatoms. The standard InChI is InChI=1S/C10H19Cl2N/c1-2-10(7-11,8-12)13-9-5-3-4-6-9/h9,13H,2-8H2,1H3. The summed E-state index contributed by atoms with van der Waals surface area (Å²) in [6, 6.07) is 0.650. The first-order chi connectivity index (χ1) is 6.26. The van der Waals surface area contributed by atoms with Crippen molar-refractivity contribution in [3.05, 3.63) is 0 Å². The Labute approximate surface area is 91.2 Å². The number of halogens is 2. The SMILES string of the molecule is CCC(CCl)(CCl)NC1CCCC1. The minimum absolute atomic E-state index is 0.0296. The van der Waals surface area contributed by atoms with Gasteiger partial charge in [0.1, 0.15) is 0 Å². The second-order valence-corrected chi connectivity index (χ2v) is 4.56. The van der Waals surface area contributed by atoms with E-state index in [1.165, 1.54) is 25.7 Å². The van der Waals surface area contributed by atoms with Crippen LogP contribution in [-0.4, -0.2) is 23.3 Å². The van der Waals surface area contributed by atoms with Crippen molar-refractivity contribution in [2.45, 2.75) is 50.6 Å². The molecule has 0 heterocycles. The predicted molar refractivity (Wildman–Crippen MR) is 59.9 cm³/mol. The van der Waals surface area contributed by atoms with Crippen molar-refractivity contribution in [2.75, 3.05) is 11.8 Å². The van der Waals surface area contributed by atoms with E-state index in [9.17, 15) is 0 Å². The molecular weight excluding hydrogens is 205 g/mol. The molecule has 1 rings (SSSR count). The van der Waals surface area contributed by atoms with Crippen LogP contribution in [0.4, 0.5) is 0 Å². The lowest BCUT2D eigenvalue weighted by molar-refractivity contribution is 0.333. The molecule has 0 amide bonds. The zero-order chi connectivity index (χ0) is 9.73. The van der Waals surface area contributed by atoms with Crippen LogP contribution in [-0.2, 0) is 0 Å². The molecule has 0 unspecified atom stereocenters. The average molecular weight is 224 g/mol. The topological polar surface area (TPSA) is 12.0 Å². The predicted octanol–water partition coefficient (Wildman–Crippen LogP) is 3.15. The number of alkyl halides is 2. The van der Waals surface area contributed by atoms with Crippen LogP contribution in [0.25, 0.3) is 0 Å². The van der Waals surface area contributed by atoms with Crippen molar-refractivity contribution in [2.24, 2.45) is 0 Å². The summed E-state index contributed by atoms with van der Waals surface area (Å²) in [5.74, 6) is 1.23. The average Bonchev–Trinajstić information content (AvgIpc) is 2.67. The molecule has 0 spiro atoms. The van der Waals surface area contributed by atoms with Crippen LogP contribution in [0.5, 0.6) is 0 Å². The van der Waals surface area contributed by atoms with Crippen molar-refractivity contribution in [3.8, 4) is 0 Å². The highest BCUT2D eigenvalue weighted by atomic mass is 35.5. The Morgan fingerprint density at radius 1 is 1.23 bits per heavy atom. The summed E-state index contributed by atoms with van der Waals surface area (Å²) in [5, 5.41) is 3.61. The van der Waals surface area contributed by atoms with Crippen molar-refractivity contribution in [3.63, 3.8) is 0 Å². The normalized spacial score (nSPS) is 19.6. The van der Waals surface area contributed by atoms with Crippen LogP contribution in [0, 0.1) is 0 Å².